The number of thiazole rings is 1. The Balaban J connectivity index is 1.76. The van der Waals surface area contributed by atoms with Gasteiger partial charge in [0, 0.05) is 23.4 Å². The normalized spacial score (nSPS) is 17.1. The van der Waals surface area contributed by atoms with E-state index in [4.69, 9.17) is 4.98 Å². The van der Waals surface area contributed by atoms with E-state index < -0.39 is 0 Å². The molecule has 1 saturated heterocycles. The molecule has 4 rings (SSSR count). The zero-order chi connectivity index (χ0) is 20.6. The minimum atomic E-state index is -0.136. The monoisotopic (exact) mass is 509 g/mol. The molecule has 0 spiro atoms. The van der Waals surface area contributed by atoms with Crippen LogP contribution in [0, 0.1) is 0 Å². The summed E-state index contributed by atoms with van der Waals surface area (Å²) in [5, 5.41) is 9.56. The Morgan fingerprint density at radius 1 is 1.24 bits per heavy atom. The van der Waals surface area contributed by atoms with Crippen LogP contribution < -0.4 is 0 Å². The number of carbonyl (C=O) groups is 1. The van der Waals surface area contributed by atoms with E-state index in [0.717, 1.165) is 49.2 Å². The van der Waals surface area contributed by atoms with Crippen LogP contribution >= 0.6 is 50.8 Å². The van der Waals surface area contributed by atoms with Crippen LogP contribution in [0.15, 0.2) is 43.6 Å². The first kappa shape index (κ1) is 20.9. The average molecular weight is 511 g/mol. The second kappa shape index (κ2) is 8.41. The fourth-order valence-corrected chi connectivity index (χ4v) is 7.70. The van der Waals surface area contributed by atoms with Crippen LogP contribution in [-0.2, 0) is 10.2 Å². The molecular weight excluding hydrogens is 490 g/mol. The smallest absolute Gasteiger partial charge is 0.211 e. The van der Waals surface area contributed by atoms with Gasteiger partial charge in [0.25, 0.3) is 0 Å². The molecule has 1 aromatic carbocycles. The average Bonchev–Trinajstić information content (AvgIpc) is 3.40. The first-order valence-electron chi connectivity index (χ1n) is 9.06. The van der Waals surface area contributed by atoms with Gasteiger partial charge in [-0.15, -0.1) is 22.0 Å². The fourth-order valence-electron chi connectivity index (χ4n) is 3.01. The van der Waals surface area contributed by atoms with Crippen molar-refractivity contribution >= 4 is 57.2 Å². The summed E-state index contributed by atoms with van der Waals surface area (Å²) in [7, 11) is 0. The van der Waals surface area contributed by atoms with Crippen molar-refractivity contribution in [1.82, 2.24) is 24.6 Å². The maximum Gasteiger partial charge on any atom is 0.211 e. The van der Waals surface area contributed by atoms with Gasteiger partial charge in [0.15, 0.2) is 10.2 Å². The first-order chi connectivity index (χ1) is 13.9. The molecular formula is C19H20BrN5OS3. The molecule has 1 aliphatic rings. The molecule has 1 fully saturated rings. The van der Waals surface area contributed by atoms with E-state index in [0.29, 0.717) is 0 Å². The van der Waals surface area contributed by atoms with Crippen LogP contribution in [0.2, 0.25) is 0 Å². The number of carbonyl (C=O) groups excluding carboxylic acids is 1. The number of halogens is 1. The molecule has 6 nitrogen and oxygen atoms in total. The molecule has 0 saturated carbocycles. The number of thioether (sulfide) groups is 1. The van der Waals surface area contributed by atoms with Crippen LogP contribution in [0.3, 0.4) is 0 Å². The van der Waals surface area contributed by atoms with E-state index in [2.05, 4.69) is 46.9 Å². The van der Waals surface area contributed by atoms with Gasteiger partial charge in [-0.3, -0.25) is 9.36 Å². The Bertz CT molecular complexity index is 1010. The van der Waals surface area contributed by atoms with Crippen LogP contribution in [0.1, 0.15) is 37.7 Å². The predicted octanol–water partition coefficient (Wildman–Crippen LogP) is 5.14. The van der Waals surface area contributed by atoms with Gasteiger partial charge in [-0.2, -0.15) is 0 Å². The quantitative estimate of drug-likeness (QED) is 0.443. The van der Waals surface area contributed by atoms with E-state index in [-0.39, 0.29) is 10.8 Å². The third-order valence-corrected chi connectivity index (χ3v) is 8.34. The Kier molecular flexibility index (Phi) is 6.06. The van der Waals surface area contributed by atoms with E-state index in [1.165, 1.54) is 11.8 Å². The summed E-state index contributed by atoms with van der Waals surface area (Å²) in [6.45, 7) is 7.17. The summed E-state index contributed by atoms with van der Waals surface area (Å²) in [5.74, 6) is 1.65. The molecule has 10 heteroatoms. The molecule has 29 heavy (non-hydrogen) atoms. The number of benzene rings is 1. The highest BCUT2D eigenvalue weighted by atomic mass is 79.9. The lowest BCUT2D eigenvalue weighted by molar-refractivity contribution is -0.118. The molecule has 3 aromatic rings. The highest BCUT2D eigenvalue weighted by Crippen LogP contribution is 2.42. The van der Waals surface area contributed by atoms with Crippen molar-refractivity contribution in [2.24, 2.45) is 0 Å². The summed E-state index contributed by atoms with van der Waals surface area (Å²) in [6.07, 6.45) is 0.898. The van der Waals surface area contributed by atoms with Gasteiger partial charge in [-0.1, -0.05) is 50.3 Å². The number of hydrogen-bond donors (Lipinski definition) is 0. The van der Waals surface area contributed by atoms with Crippen LogP contribution in [0.4, 0.5) is 0 Å². The van der Waals surface area contributed by atoms with E-state index in [1.807, 2.05) is 34.9 Å². The summed E-state index contributed by atoms with van der Waals surface area (Å²) in [6, 6.07) is 10.0. The van der Waals surface area contributed by atoms with Crippen molar-refractivity contribution in [2.45, 2.75) is 41.1 Å². The molecule has 0 N–H and O–H groups in total. The zero-order valence-corrected chi connectivity index (χ0v) is 20.2. The molecule has 0 aliphatic carbocycles. The van der Waals surface area contributed by atoms with Crippen LogP contribution in [0.5, 0.6) is 0 Å². The molecule has 3 heterocycles. The minimum absolute atomic E-state index is 0.0443. The van der Waals surface area contributed by atoms with Crippen molar-refractivity contribution in [1.29, 1.82) is 0 Å². The molecule has 0 bridgehead atoms. The molecule has 0 radical (unpaired) electrons. The zero-order valence-electron chi connectivity index (χ0n) is 16.2. The number of aromatic nitrogens is 4. The summed E-state index contributed by atoms with van der Waals surface area (Å²) in [4.78, 5) is 18.1. The number of para-hydroxylation sites is 1. The Morgan fingerprint density at radius 2 is 2.00 bits per heavy atom. The number of amides is 1. The minimum Gasteiger partial charge on any atom is -0.325 e. The molecule has 1 unspecified atom stereocenters. The fraction of sp³-hybridized carbons (Fsp3) is 0.368. The highest BCUT2D eigenvalue weighted by Gasteiger charge is 2.32. The first-order valence-corrected chi connectivity index (χ1v) is 12.5. The van der Waals surface area contributed by atoms with Crippen molar-refractivity contribution < 1.29 is 4.79 Å². The molecule has 1 amide bonds. The Hall–Kier alpha value is -1.36. The Morgan fingerprint density at radius 3 is 2.66 bits per heavy atom. The third-order valence-electron chi connectivity index (χ3n) is 4.41. The second-order valence-corrected chi connectivity index (χ2v) is 12.3. The number of hydrogen-bond acceptors (Lipinski definition) is 7. The van der Waals surface area contributed by atoms with Crippen LogP contribution in [0.25, 0.3) is 5.69 Å². The second-order valence-electron chi connectivity index (χ2n) is 7.53. The molecule has 1 atom stereocenters. The van der Waals surface area contributed by atoms with E-state index in [1.54, 1.807) is 28.0 Å². The van der Waals surface area contributed by atoms with E-state index in [9.17, 15) is 4.79 Å². The summed E-state index contributed by atoms with van der Waals surface area (Å²) >= 11 is 8.47. The largest absolute Gasteiger partial charge is 0.325 e. The van der Waals surface area contributed by atoms with E-state index >= 15 is 0 Å². The molecule has 1 aliphatic heterocycles. The standard InChI is InChI=1S/C19H20BrN5OS3/c1-19(2,3)13-14(20)28-18(21-13)29-17-23-22-15(16-24(11-26)9-10-27-16)25(17)12-7-5-4-6-8-12/h4-8,11,16H,9-10H2,1-3H3. The Labute approximate surface area is 190 Å². The van der Waals surface area contributed by atoms with Gasteiger partial charge in [0.05, 0.1) is 9.48 Å². The maximum absolute atomic E-state index is 11.5. The summed E-state index contributed by atoms with van der Waals surface area (Å²) < 4.78 is 3.98. The SMILES string of the molecule is CC(C)(C)c1nc(Sc2nnc(C3SCCN3C=O)n2-c2ccccc2)sc1Br. The summed E-state index contributed by atoms with van der Waals surface area (Å²) in [5.41, 5.74) is 1.96. The van der Waals surface area contributed by atoms with Gasteiger partial charge in [0.2, 0.25) is 11.6 Å². The van der Waals surface area contributed by atoms with Crippen molar-refractivity contribution in [3.05, 3.63) is 45.6 Å². The van der Waals surface area contributed by atoms with Crippen LogP contribution in [-0.4, -0.2) is 43.4 Å². The lowest BCUT2D eigenvalue weighted by Gasteiger charge is -2.19. The van der Waals surface area contributed by atoms with Crippen molar-refractivity contribution in [3.63, 3.8) is 0 Å². The predicted molar refractivity (Wildman–Crippen MR) is 122 cm³/mol. The lowest BCUT2D eigenvalue weighted by atomic mass is 9.93. The van der Waals surface area contributed by atoms with Crippen molar-refractivity contribution in [2.75, 3.05) is 12.3 Å². The topological polar surface area (TPSA) is 63.9 Å². The number of nitrogens with zero attached hydrogens (tertiary/aromatic N) is 5. The third kappa shape index (κ3) is 4.26. The van der Waals surface area contributed by atoms with Crippen molar-refractivity contribution in [3.8, 4) is 5.69 Å². The van der Waals surface area contributed by atoms with Gasteiger partial charge < -0.3 is 4.90 Å². The van der Waals surface area contributed by atoms with Gasteiger partial charge in [-0.25, -0.2) is 4.98 Å². The molecule has 2 aromatic heterocycles. The lowest BCUT2D eigenvalue weighted by Crippen LogP contribution is -2.23. The van der Waals surface area contributed by atoms with Gasteiger partial charge >= 0.3 is 0 Å². The van der Waals surface area contributed by atoms with Gasteiger partial charge in [0.1, 0.15) is 5.37 Å². The van der Waals surface area contributed by atoms with Gasteiger partial charge in [-0.05, 0) is 39.8 Å². The number of rotatable bonds is 5. The molecule has 152 valence electrons. The highest BCUT2D eigenvalue weighted by molar-refractivity contribution is 9.11. The maximum atomic E-state index is 11.5.